The first-order valence-corrected chi connectivity index (χ1v) is 7.96. The van der Waals surface area contributed by atoms with Gasteiger partial charge in [-0.25, -0.2) is 0 Å². The lowest BCUT2D eigenvalue weighted by molar-refractivity contribution is 0.549. The summed E-state index contributed by atoms with van der Waals surface area (Å²) >= 11 is 11.6. The summed E-state index contributed by atoms with van der Waals surface area (Å²) in [6.07, 6.45) is 2.11. The first kappa shape index (κ1) is 14.1. The van der Waals surface area contributed by atoms with Crippen LogP contribution in [-0.4, -0.2) is 7.05 Å². The molecule has 1 unspecified atom stereocenters. The second-order valence-corrected chi connectivity index (χ2v) is 6.17. The summed E-state index contributed by atoms with van der Waals surface area (Å²) in [6.45, 7) is 0. The normalized spacial score (nSPS) is 12.6. The smallest absolute Gasteiger partial charge is 0.0595 e. The Bertz CT molecular complexity index is 499. The molecule has 1 nitrogen and oxygen atoms in total. The number of halogens is 2. The van der Waals surface area contributed by atoms with Crippen molar-refractivity contribution in [1.82, 2.24) is 5.32 Å². The third-order valence-corrected chi connectivity index (χ3v) is 5.05. The maximum absolute atomic E-state index is 6.34. The monoisotopic (exact) mass is 343 g/mol. The molecule has 1 aromatic heterocycles. The molecule has 0 saturated carbocycles. The van der Waals surface area contributed by atoms with Crippen LogP contribution in [0.4, 0.5) is 0 Å². The second-order valence-electron chi connectivity index (χ2n) is 4.15. The van der Waals surface area contributed by atoms with Crippen LogP contribution in [0.1, 0.15) is 23.6 Å². The lowest BCUT2D eigenvalue weighted by Gasteiger charge is -2.18. The van der Waals surface area contributed by atoms with Crippen molar-refractivity contribution in [2.24, 2.45) is 0 Å². The number of nitrogens with one attached hydrogen (secondary N) is 1. The number of hydrogen-bond acceptors (Lipinski definition) is 2. The summed E-state index contributed by atoms with van der Waals surface area (Å²) in [6, 6.07) is 8.55. The lowest BCUT2D eigenvalue weighted by atomic mass is 10.0. The Morgan fingerprint density at radius 2 is 2.22 bits per heavy atom. The highest BCUT2D eigenvalue weighted by molar-refractivity contribution is 9.10. The zero-order valence-electron chi connectivity index (χ0n) is 10.1. The van der Waals surface area contributed by atoms with E-state index < -0.39 is 0 Å². The first-order chi connectivity index (χ1) is 8.72. The van der Waals surface area contributed by atoms with E-state index in [1.807, 2.05) is 19.2 Å². The van der Waals surface area contributed by atoms with Crippen molar-refractivity contribution in [2.75, 3.05) is 7.05 Å². The molecule has 0 spiro atoms. The van der Waals surface area contributed by atoms with Crippen molar-refractivity contribution in [3.63, 3.8) is 0 Å². The molecule has 0 aliphatic carbocycles. The van der Waals surface area contributed by atoms with E-state index in [0.29, 0.717) is 0 Å². The van der Waals surface area contributed by atoms with Crippen LogP contribution in [-0.2, 0) is 6.42 Å². The molecule has 0 amide bonds. The van der Waals surface area contributed by atoms with E-state index in [0.717, 1.165) is 27.9 Å². The van der Waals surface area contributed by atoms with Crippen LogP contribution in [0.15, 0.2) is 39.5 Å². The van der Waals surface area contributed by atoms with E-state index in [4.69, 9.17) is 11.6 Å². The minimum atomic E-state index is 0.287. The van der Waals surface area contributed by atoms with Gasteiger partial charge >= 0.3 is 0 Å². The summed E-state index contributed by atoms with van der Waals surface area (Å²) in [5.74, 6) is 0. The Morgan fingerprint density at radius 3 is 2.89 bits per heavy atom. The first-order valence-electron chi connectivity index (χ1n) is 5.84. The molecule has 0 aliphatic rings. The van der Waals surface area contributed by atoms with Gasteiger partial charge in [0, 0.05) is 10.5 Å². The van der Waals surface area contributed by atoms with E-state index in [9.17, 15) is 0 Å². The van der Waals surface area contributed by atoms with E-state index in [1.165, 1.54) is 5.56 Å². The average molecular weight is 345 g/mol. The fraction of sp³-hybridized carbons (Fsp3) is 0.286. The number of benzene rings is 1. The van der Waals surface area contributed by atoms with Gasteiger partial charge in [0.05, 0.1) is 5.02 Å². The van der Waals surface area contributed by atoms with Gasteiger partial charge in [-0.15, -0.1) is 0 Å². The number of thiophene rings is 1. The van der Waals surface area contributed by atoms with Crippen LogP contribution in [0.25, 0.3) is 0 Å². The maximum Gasteiger partial charge on any atom is 0.0595 e. The Balaban J connectivity index is 2.10. The van der Waals surface area contributed by atoms with Gasteiger partial charge in [-0.2, -0.15) is 11.3 Å². The summed E-state index contributed by atoms with van der Waals surface area (Å²) in [5, 5.41) is 8.48. The lowest BCUT2D eigenvalue weighted by Crippen LogP contribution is -2.17. The molecule has 1 atom stereocenters. The fourth-order valence-corrected chi connectivity index (χ4v) is 3.33. The van der Waals surface area contributed by atoms with Crippen molar-refractivity contribution in [3.8, 4) is 0 Å². The van der Waals surface area contributed by atoms with E-state index in [2.05, 4.69) is 44.1 Å². The highest BCUT2D eigenvalue weighted by Gasteiger charge is 2.14. The minimum absolute atomic E-state index is 0.287. The molecule has 0 aliphatic heterocycles. The van der Waals surface area contributed by atoms with Gasteiger partial charge in [-0.3, -0.25) is 0 Å². The third kappa shape index (κ3) is 3.35. The summed E-state index contributed by atoms with van der Waals surface area (Å²) in [7, 11) is 1.98. The van der Waals surface area contributed by atoms with Crippen LogP contribution in [0.3, 0.4) is 0 Å². The van der Waals surface area contributed by atoms with Crippen LogP contribution < -0.4 is 5.32 Å². The molecule has 1 aromatic carbocycles. The highest BCUT2D eigenvalue weighted by Crippen LogP contribution is 2.32. The zero-order chi connectivity index (χ0) is 13.0. The standard InChI is InChI=1S/C14H15BrClNS/c1-17-13(6-5-10-7-8-18-9-10)11-3-2-4-12(15)14(11)16/h2-4,7-9,13,17H,5-6H2,1H3. The van der Waals surface area contributed by atoms with Gasteiger partial charge in [0.15, 0.2) is 0 Å². The van der Waals surface area contributed by atoms with Gasteiger partial charge in [0.25, 0.3) is 0 Å². The summed E-state index contributed by atoms with van der Waals surface area (Å²) in [5.41, 5.74) is 2.55. The summed E-state index contributed by atoms with van der Waals surface area (Å²) in [4.78, 5) is 0. The largest absolute Gasteiger partial charge is 0.313 e. The van der Waals surface area contributed by atoms with Crippen LogP contribution in [0.5, 0.6) is 0 Å². The van der Waals surface area contributed by atoms with E-state index in [-0.39, 0.29) is 6.04 Å². The van der Waals surface area contributed by atoms with Gasteiger partial charge in [0.1, 0.15) is 0 Å². The van der Waals surface area contributed by atoms with Crippen LogP contribution >= 0.6 is 38.9 Å². The molecule has 0 bridgehead atoms. The molecule has 0 fully saturated rings. The van der Waals surface area contributed by atoms with Crippen molar-refractivity contribution in [2.45, 2.75) is 18.9 Å². The second kappa shape index (κ2) is 6.71. The molecule has 0 saturated heterocycles. The Labute approximate surface area is 125 Å². The van der Waals surface area contributed by atoms with Crippen molar-refractivity contribution < 1.29 is 0 Å². The highest BCUT2D eigenvalue weighted by atomic mass is 79.9. The number of rotatable bonds is 5. The molecule has 1 N–H and O–H groups in total. The molecule has 0 radical (unpaired) electrons. The molecule has 4 heteroatoms. The number of hydrogen-bond donors (Lipinski definition) is 1. The van der Waals surface area contributed by atoms with Crippen molar-refractivity contribution in [1.29, 1.82) is 0 Å². The quantitative estimate of drug-likeness (QED) is 0.799. The Morgan fingerprint density at radius 1 is 1.39 bits per heavy atom. The van der Waals surface area contributed by atoms with Gasteiger partial charge < -0.3 is 5.32 Å². The van der Waals surface area contributed by atoms with Gasteiger partial charge in [-0.1, -0.05) is 23.7 Å². The predicted molar refractivity (Wildman–Crippen MR) is 83.6 cm³/mol. The van der Waals surface area contributed by atoms with Gasteiger partial charge in [0.2, 0.25) is 0 Å². The molecule has 96 valence electrons. The van der Waals surface area contributed by atoms with Crippen molar-refractivity contribution >= 4 is 38.9 Å². The van der Waals surface area contributed by atoms with Gasteiger partial charge in [-0.05, 0) is 69.8 Å². The van der Waals surface area contributed by atoms with E-state index >= 15 is 0 Å². The molecular weight excluding hydrogens is 330 g/mol. The number of aryl methyl sites for hydroxylation is 1. The van der Waals surface area contributed by atoms with Crippen molar-refractivity contribution in [3.05, 3.63) is 55.6 Å². The predicted octanol–water partition coefficient (Wildman–Crippen LogP) is 5.06. The van der Waals surface area contributed by atoms with Crippen LogP contribution in [0, 0.1) is 0 Å². The Kier molecular flexibility index (Phi) is 5.25. The fourth-order valence-electron chi connectivity index (χ4n) is 1.99. The third-order valence-electron chi connectivity index (χ3n) is 3.01. The molecule has 18 heavy (non-hydrogen) atoms. The molecule has 2 aromatic rings. The minimum Gasteiger partial charge on any atom is -0.313 e. The van der Waals surface area contributed by atoms with E-state index in [1.54, 1.807) is 11.3 Å². The molecule has 2 rings (SSSR count). The zero-order valence-corrected chi connectivity index (χ0v) is 13.3. The molecule has 1 heterocycles. The summed E-state index contributed by atoms with van der Waals surface area (Å²) < 4.78 is 0.956. The van der Waals surface area contributed by atoms with Crippen LogP contribution in [0.2, 0.25) is 5.02 Å². The Hall–Kier alpha value is -0.350. The maximum atomic E-state index is 6.34. The molecular formula is C14H15BrClNS. The topological polar surface area (TPSA) is 12.0 Å². The average Bonchev–Trinajstić information content (AvgIpc) is 2.88. The SMILES string of the molecule is CNC(CCc1ccsc1)c1cccc(Br)c1Cl.